The fourth-order valence-corrected chi connectivity index (χ4v) is 8.45. The molecule has 386 valence electrons. The second-order valence-electron chi connectivity index (χ2n) is 19.8. The van der Waals surface area contributed by atoms with Gasteiger partial charge in [-0.3, -0.25) is 18.6 Å². The van der Waals surface area contributed by atoms with Crippen molar-refractivity contribution >= 4 is 19.7 Å². The first-order valence-electron chi connectivity index (χ1n) is 27.5. The number of quaternary nitrogens is 1. The van der Waals surface area contributed by atoms with Gasteiger partial charge in [-0.05, 0) is 70.3 Å². The van der Waals surface area contributed by atoms with Crippen LogP contribution in [0.25, 0.3) is 0 Å². The standard InChI is InChI=1S/C56H105N2O7P/c1-7-10-13-16-19-22-25-27-28-29-30-31-34-36-39-42-45-48-55(59)57-53(52-64-66(61,62)63-51-50-58(4,5)6)54(47-44-41-38-35-33-26-23-20-17-14-11-8-2)65-56(60)49-46-43-40-37-32-24-21-18-15-12-9-3/h19,22,27-28,30-31,44,47,53-54H,7-18,20-21,23-26,29,32-43,45-46,48-52H2,1-6H3,(H-,57,59,61,62)/p+1/b22-19-,28-27-,31-30-,47-44-. The Morgan fingerprint density at radius 1 is 0.530 bits per heavy atom. The Kier molecular flexibility index (Phi) is 45.3. The van der Waals surface area contributed by atoms with E-state index >= 15 is 0 Å². The quantitative estimate of drug-likeness (QED) is 0.0205. The summed E-state index contributed by atoms with van der Waals surface area (Å²) in [6, 6.07) is -0.855. The molecule has 0 aromatic rings. The summed E-state index contributed by atoms with van der Waals surface area (Å²) in [7, 11) is 1.48. The van der Waals surface area contributed by atoms with Crippen LogP contribution in [0.3, 0.4) is 0 Å². The Hall–Kier alpha value is -2.03. The highest BCUT2D eigenvalue weighted by Crippen LogP contribution is 2.43. The van der Waals surface area contributed by atoms with Gasteiger partial charge < -0.3 is 19.4 Å². The number of phosphoric acid groups is 1. The monoisotopic (exact) mass is 950 g/mol. The number of allylic oxidation sites excluding steroid dienone is 7. The third-order valence-corrected chi connectivity index (χ3v) is 13.0. The van der Waals surface area contributed by atoms with Gasteiger partial charge >= 0.3 is 13.8 Å². The molecule has 3 unspecified atom stereocenters. The van der Waals surface area contributed by atoms with Gasteiger partial charge in [0, 0.05) is 12.8 Å². The minimum absolute atomic E-state index is 0.0361. The zero-order valence-electron chi connectivity index (χ0n) is 43.9. The molecule has 0 aliphatic heterocycles. The van der Waals surface area contributed by atoms with E-state index < -0.39 is 20.0 Å². The SMILES string of the molecule is CCCCC/C=C\C/C=C\C/C=C\CCCCCCC(=O)NC(COP(=O)(O)OCC[N+](C)(C)C)C(/C=C\CCCCCCCCCCCC)OC(=O)CCCCCCCCCCCCC. The maximum Gasteiger partial charge on any atom is 0.472 e. The second kappa shape index (κ2) is 46.7. The Labute approximate surface area is 408 Å². The number of hydrogen-bond acceptors (Lipinski definition) is 6. The van der Waals surface area contributed by atoms with E-state index in [9.17, 15) is 19.0 Å². The lowest BCUT2D eigenvalue weighted by Crippen LogP contribution is -2.47. The molecule has 0 radical (unpaired) electrons. The smallest absolute Gasteiger partial charge is 0.456 e. The molecule has 0 spiro atoms. The third-order valence-electron chi connectivity index (χ3n) is 12.0. The largest absolute Gasteiger partial charge is 0.472 e. The van der Waals surface area contributed by atoms with Crippen molar-refractivity contribution in [2.45, 2.75) is 258 Å². The topological polar surface area (TPSA) is 111 Å². The summed E-state index contributed by atoms with van der Waals surface area (Å²) in [4.78, 5) is 37.4. The van der Waals surface area contributed by atoms with E-state index in [4.69, 9.17) is 13.8 Å². The molecule has 0 fully saturated rings. The normalized spacial score (nSPS) is 14.2. The molecule has 0 aromatic heterocycles. The number of carbonyl (C=O) groups excluding carboxylic acids is 2. The highest BCUT2D eigenvalue weighted by Gasteiger charge is 2.30. The summed E-state index contributed by atoms with van der Waals surface area (Å²) in [6.45, 7) is 6.95. The molecule has 0 saturated heterocycles. The average molecular weight is 950 g/mol. The van der Waals surface area contributed by atoms with Crippen LogP contribution in [0.5, 0.6) is 0 Å². The van der Waals surface area contributed by atoms with E-state index in [1.165, 1.54) is 128 Å². The first-order valence-corrected chi connectivity index (χ1v) is 29.0. The van der Waals surface area contributed by atoms with Crippen LogP contribution in [-0.2, 0) is 27.9 Å². The predicted molar refractivity (Wildman–Crippen MR) is 282 cm³/mol. The Morgan fingerprint density at radius 3 is 1.41 bits per heavy atom. The maximum absolute atomic E-state index is 13.5. The van der Waals surface area contributed by atoms with Gasteiger partial charge in [0.1, 0.15) is 19.3 Å². The van der Waals surface area contributed by atoms with Crippen molar-refractivity contribution in [3.8, 4) is 0 Å². The average Bonchev–Trinajstić information content (AvgIpc) is 3.27. The molecule has 3 atom stereocenters. The number of amides is 1. The molecule has 0 heterocycles. The van der Waals surface area contributed by atoms with Crippen LogP contribution in [0, 0.1) is 0 Å². The van der Waals surface area contributed by atoms with E-state index in [0.29, 0.717) is 17.4 Å². The van der Waals surface area contributed by atoms with Gasteiger partial charge in [0.05, 0.1) is 33.8 Å². The van der Waals surface area contributed by atoms with Gasteiger partial charge in [-0.2, -0.15) is 0 Å². The number of nitrogens with one attached hydrogen (secondary N) is 1. The van der Waals surface area contributed by atoms with Crippen LogP contribution in [0.1, 0.15) is 245 Å². The van der Waals surface area contributed by atoms with Gasteiger partial charge in [0.2, 0.25) is 5.91 Å². The molecular weight excluding hydrogens is 844 g/mol. The van der Waals surface area contributed by atoms with Crippen molar-refractivity contribution < 1.29 is 37.3 Å². The molecule has 2 N–H and O–H groups in total. The molecule has 0 rings (SSSR count). The molecule has 0 aromatic carbocycles. The highest BCUT2D eigenvalue weighted by molar-refractivity contribution is 7.47. The third kappa shape index (κ3) is 47.1. The number of unbranched alkanes of at least 4 members (excludes halogenated alkanes) is 27. The van der Waals surface area contributed by atoms with Crippen LogP contribution in [0.15, 0.2) is 48.6 Å². The van der Waals surface area contributed by atoms with Crippen LogP contribution in [0.2, 0.25) is 0 Å². The van der Waals surface area contributed by atoms with E-state index in [0.717, 1.165) is 83.5 Å². The molecule has 10 heteroatoms. The summed E-state index contributed by atoms with van der Waals surface area (Å²) in [5.74, 6) is -0.528. The highest BCUT2D eigenvalue weighted by atomic mass is 31.2. The molecule has 0 aliphatic carbocycles. The minimum atomic E-state index is -4.44. The number of rotatable bonds is 49. The fraction of sp³-hybridized carbons (Fsp3) is 0.821. The minimum Gasteiger partial charge on any atom is -0.456 e. The molecule has 66 heavy (non-hydrogen) atoms. The van der Waals surface area contributed by atoms with Gasteiger partial charge in [0.25, 0.3) is 0 Å². The Morgan fingerprint density at radius 2 is 0.924 bits per heavy atom. The van der Waals surface area contributed by atoms with Crippen molar-refractivity contribution in [3.63, 3.8) is 0 Å². The summed E-state index contributed by atoms with van der Waals surface area (Å²) < 4.78 is 30.5. The lowest BCUT2D eigenvalue weighted by molar-refractivity contribution is -0.870. The predicted octanol–water partition coefficient (Wildman–Crippen LogP) is 16.2. The molecule has 0 aliphatic rings. The number of nitrogens with zero attached hydrogens (tertiary/aromatic N) is 1. The first kappa shape index (κ1) is 64.0. The fourth-order valence-electron chi connectivity index (χ4n) is 7.71. The number of carbonyl (C=O) groups is 2. The summed E-state index contributed by atoms with van der Waals surface area (Å²) in [5, 5.41) is 3.03. The van der Waals surface area contributed by atoms with Crippen LogP contribution >= 0.6 is 7.82 Å². The zero-order chi connectivity index (χ0) is 48.7. The second-order valence-corrected chi connectivity index (χ2v) is 21.2. The number of hydrogen-bond donors (Lipinski definition) is 2. The van der Waals surface area contributed by atoms with Crippen LogP contribution in [-0.4, -0.2) is 74.3 Å². The van der Waals surface area contributed by atoms with Crippen molar-refractivity contribution in [2.24, 2.45) is 0 Å². The van der Waals surface area contributed by atoms with Crippen LogP contribution < -0.4 is 5.32 Å². The molecular formula is C56H106N2O7P+. The van der Waals surface area contributed by atoms with E-state index in [1.54, 1.807) is 0 Å². The van der Waals surface area contributed by atoms with Gasteiger partial charge in [0.15, 0.2) is 0 Å². The van der Waals surface area contributed by atoms with E-state index in [-0.39, 0.29) is 31.5 Å². The van der Waals surface area contributed by atoms with Crippen molar-refractivity contribution in [1.29, 1.82) is 0 Å². The van der Waals surface area contributed by atoms with E-state index in [2.05, 4.69) is 62.5 Å². The zero-order valence-corrected chi connectivity index (χ0v) is 44.8. The molecule has 1 amide bonds. The van der Waals surface area contributed by atoms with Crippen LogP contribution in [0.4, 0.5) is 0 Å². The lowest BCUT2D eigenvalue weighted by atomic mass is 10.0. The Bertz CT molecular complexity index is 1280. The van der Waals surface area contributed by atoms with E-state index in [1.807, 2.05) is 33.3 Å². The van der Waals surface area contributed by atoms with Crippen molar-refractivity contribution in [2.75, 3.05) is 40.9 Å². The summed E-state index contributed by atoms with van der Waals surface area (Å²) >= 11 is 0. The molecule has 0 bridgehead atoms. The summed E-state index contributed by atoms with van der Waals surface area (Å²) in [5.41, 5.74) is 0. The number of phosphoric ester groups is 1. The van der Waals surface area contributed by atoms with Crippen molar-refractivity contribution in [3.05, 3.63) is 48.6 Å². The first-order chi connectivity index (χ1) is 31.9. The van der Waals surface area contributed by atoms with Gasteiger partial charge in [-0.1, -0.05) is 211 Å². The summed E-state index contributed by atoms with van der Waals surface area (Å²) in [6.07, 6.45) is 55.3. The van der Waals surface area contributed by atoms with Gasteiger partial charge in [-0.25, -0.2) is 4.57 Å². The number of esters is 1. The van der Waals surface area contributed by atoms with Gasteiger partial charge in [-0.15, -0.1) is 0 Å². The van der Waals surface area contributed by atoms with Crippen molar-refractivity contribution in [1.82, 2.24) is 5.32 Å². The Balaban J connectivity index is 5.40. The number of likely N-dealkylation sites (N-methyl/N-ethyl adjacent to an activating group) is 1. The molecule has 9 nitrogen and oxygen atoms in total. The number of ether oxygens (including phenoxy) is 1. The maximum atomic E-state index is 13.5. The lowest BCUT2D eigenvalue weighted by Gasteiger charge is -2.27. The molecule has 0 saturated carbocycles.